The second kappa shape index (κ2) is 7.68. The average Bonchev–Trinajstić information content (AvgIpc) is 2.56. The van der Waals surface area contributed by atoms with E-state index in [1.54, 1.807) is 12.1 Å². The van der Waals surface area contributed by atoms with E-state index < -0.39 is 0 Å². The highest BCUT2D eigenvalue weighted by atomic mass is 16.4. The Morgan fingerprint density at radius 1 is 1.04 bits per heavy atom. The van der Waals surface area contributed by atoms with E-state index in [4.69, 9.17) is 10.9 Å². The molecule has 0 saturated heterocycles. The molecule has 0 aliphatic rings. The summed E-state index contributed by atoms with van der Waals surface area (Å²) in [7, 11) is 0. The molecule has 2 aromatic carbocycles. The molecular formula is C19H24N2O2. The smallest absolute Gasteiger partial charge is 0.170 e. The highest BCUT2D eigenvalue weighted by Crippen LogP contribution is 2.31. The van der Waals surface area contributed by atoms with Crippen LogP contribution in [0.3, 0.4) is 0 Å². The van der Waals surface area contributed by atoms with Gasteiger partial charge in [-0.15, -0.1) is 0 Å². The number of phenolic OH excluding ortho intramolecular Hbond substituents is 1. The van der Waals surface area contributed by atoms with Gasteiger partial charge in [-0.3, -0.25) is 0 Å². The van der Waals surface area contributed by atoms with Gasteiger partial charge in [0, 0.05) is 5.56 Å². The zero-order valence-electron chi connectivity index (χ0n) is 13.7. The summed E-state index contributed by atoms with van der Waals surface area (Å²) in [5.74, 6) is 0.388. The van der Waals surface area contributed by atoms with Crippen molar-refractivity contribution >= 4 is 5.84 Å². The van der Waals surface area contributed by atoms with E-state index >= 15 is 0 Å². The lowest BCUT2D eigenvalue weighted by Gasteiger charge is -2.17. The average molecular weight is 312 g/mol. The van der Waals surface area contributed by atoms with Crippen LogP contribution in [-0.2, 0) is 12.8 Å². The molecule has 0 aromatic heterocycles. The largest absolute Gasteiger partial charge is 0.508 e. The molecule has 4 heteroatoms. The SMILES string of the molecule is CCCc1cc(/C(N)=N/O)c(CCC)c(-c2ccc(O)cc2)c1. The normalized spacial score (nSPS) is 11.7. The molecule has 0 heterocycles. The van der Waals surface area contributed by atoms with Crippen LogP contribution in [0, 0.1) is 0 Å². The molecular weight excluding hydrogens is 288 g/mol. The van der Waals surface area contributed by atoms with Crippen LogP contribution in [0.5, 0.6) is 5.75 Å². The summed E-state index contributed by atoms with van der Waals surface area (Å²) in [6, 6.07) is 11.4. The van der Waals surface area contributed by atoms with Crippen LogP contribution < -0.4 is 5.73 Å². The molecule has 2 rings (SSSR count). The van der Waals surface area contributed by atoms with Crippen LogP contribution in [0.25, 0.3) is 11.1 Å². The van der Waals surface area contributed by atoms with Crippen molar-refractivity contribution in [3.63, 3.8) is 0 Å². The molecule has 23 heavy (non-hydrogen) atoms. The van der Waals surface area contributed by atoms with E-state index in [9.17, 15) is 5.11 Å². The van der Waals surface area contributed by atoms with Crippen LogP contribution in [0.4, 0.5) is 0 Å². The first kappa shape index (κ1) is 16.9. The van der Waals surface area contributed by atoms with Crippen molar-refractivity contribution < 1.29 is 10.3 Å². The molecule has 0 saturated carbocycles. The first-order valence-corrected chi connectivity index (χ1v) is 8.03. The third-order valence-corrected chi connectivity index (χ3v) is 3.91. The van der Waals surface area contributed by atoms with Gasteiger partial charge in [-0.2, -0.15) is 0 Å². The Bertz CT molecular complexity index is 691. The van der Waals surface area contributed by atoms with Gasteiger partial charge in [0.2, 0.25) is 0 Å². The maximum absolute atomic E-state index is 9.52. The van der Waals surface area contributed by atoms with Gasteiger partial charge < -0.3 is 16.0 Å². The predicted octanol–water partition coefficient (Wildman–Crippen LogP) is 4.06. The lowest BCUT2D eigenvalue weighted by Crippen LogP contribution is -2.17. The minimum atomic E-state index is 0.145. The Balaban J connectivity index is 2.70. The minimum absolute atomic E-state index is 0.145. The number of hydrogen-bond acceptors (Lipinski definition) is 3. The summed E-state index contributed by atoms with van der Waals surface area (Å²) in [5, 5.41) is 21.9. The number of nitrogens with two attached hydrogens (primary N) is 1. The maximum atomic E-state index is 9.52. The van der Waals surface area contributed by atoms with Gasteiger partial charge >= 0.3 is 0 Å². The topological polar surface area (TPSA) is 78.8 Å². The second-order valence-electron chi connectivity index (χ2n) is 5.70. The zero-order chi connectivity index (χ0) is 16.8. The van der Waals surface area contributed by atoms with Crippen LogP contribution >= 0.6 is 0 Å². The third kappa shape index (κ3) is 3.83. The van der Waals surface area contributed by atoms with Crippen LogP contribution in [0.15, 0.2) is 41.6 Å². The van der Waals surface area contributed by atoms with Gasteiger partial charge in [0.15, 0.2) is 5.84 Å². The zero-order valence-corrected chi connectivity index (χ0v) is 13.7. The fraction of sp³-hybridized carbons (Fsp3) is 0.316. The number of phenols is 1. The highest BCUT2D eigenvalue weighted by Gasteiger charge is 2.15. The predicted molar refractivity (Wildman–Crippen MR) is 94.0 cm³/mol. The van der Waals surface area contributed by atoms with Crippen molar-refractivity contribution in [2.75, 3.05) is 0 Å². The number of benzene rings is 2. The minimum Gasteiger partial charge on any atom is -0.508 e. The molecule has 4 nitrogen and oxygen atoms in total. The fourth-order valence-electron chi connectivity index (χ4n) is 2.87. The van der Waals surface area contributed by atoms with Gasteiger partial charge in [-0.25, -0.2) is 0 Å². The van der Waals surface area contributed by atoms with Crippen molar-refractivity contribution in [3.05, 3.63) is 53.1 Å². The van der Waals surface area contributed by atoms with E-state index in [0.717, 1.165) is 53.5 Å². The van der Waals surface area contributed by atoms with Gasteiger partial charge in [0.05, 0.1) is 0 Å². The lowest BCUT2D eigenvalue weighted by molar-refractivity contribution is 0.318. The van der Waals surface area contributed by atoms with Crippen molar-refractivity contribution in [1.82, 2.24) is 0 Å². The van der Waals surface area contributed by atoms with E-state index in [0.29, 0.717) is 0 Å². The van der Waals surface area contributed by atoms with E-state index in [1.165, 1.54) is 0 Å². The molecule has 0 atom stereocenters. The quantitative estimate of drug-likeness (QED) is 0.326. The number of hydrogen-bond donors (Lipinski definition) is 3. The van der Waals surface area contributed by atoms with Gasteiger partial charge in [-0.1, -0.05) is 50.0 Å². The molecule has 122 valence electrons. The van der Waals surface area contributed by atoms with E-state index in [2.05, 4.69) is 25.1 Å². The molecule has 0 amide bonds. The van der Waals surface area contributed by atoms with Crippen molar-refractivity contribution in [1.29, 1.82) is 0 Å². The monoisotopic (exact) mass is 312 g/mol. The Morgan fingerprint density at radius 2 is 1.70 bits per heavy atom. The molecule has 2 aromatic rings. The number of aryl methyl sites for hydroxylation is 1. The van der Waals surface area contributed by atoms with Gasteiger partial charge in [0.25, 0.3) is 0 Å². The molecule has 0 unspecified atom stereocenters. The van der Waals surface area contributed by atoms with Crippen molar-refractivity contribution in [2.45, 2.75) is 39.5 Å². The first-order chi connectivity index (χ1) is 11.1. The Morgan fingerprint density at radius 3 is 2.26 bits per heavy atom. The number of oxime groups is 1. The standard InChI is InChI=1S/C19H24N2O2/c1-3-5-13-11-17(14-7-9-15(22)10-8-14)16(6-4-2)18(12-13)19(20)21-23/h7-12,22-23H,3-6H2,1-2H3,(H2,20,21). The first-order valence-electron chi connectivity index (χ1n) is 8.03. The maximum Gasteiger partial charge on any atom is 0.170 e. The molecule has 0 aliphatic heterocycles. The van der Waals surface area contributed by atoms with Crippen molar-refractivity contribution in [2.24, 2.45) is 10.9 Å². The summed E-state index contributed by atoms with van der Waals surface area (Å²) in [6.45, 7) is 4.24. The summed E-state index contributed by atoms with van der Waals surface area (Å²) in [4.78, 5) is 0. The summed E-state index contributed by atoms with van der Waals surface area (Å²) < 4.78 is 0. The Kier molecular flexibility index (Phi) is 5.63. The molecule has 0 bridgehead atoms. The summed E-state index contributed by atoms with van der Waals surface area (Å²) in [5.41, 5.74) is 11.1. The molecule has 0 aliphatic carbocycles. The van der Waals surface area contributed by atoms with Gasteiger partial charge in [0.1, 0.15) is 5.75 Å². The van der Waals surface area contributed by atoms with Crippen LogP contribution in [0.2, 0.25) is 0 Å². The lowest BCUT2D eigenvalue weighted by atomic mass is 9.89. The van der Waals surface area contributed by atoms with E-state index in [1.807, 2.05) is 18.2 Å². The Labute approximate surface area is 137 Å². The fourth-order valence-corrected chi connectivity index (χ4v) is 2.87. The molecule has 0 spiro atoms. The van der Waals surface area contributed by atoms with Crippen molar-refractivity contribution in [3.8, 4) is 16.9 Å². The second-order valence-corrected chi connectivity index (χ2v) is 5.70. The highest BCUT2D eigenvalue weighted by molar-refractivity contribution is 6.00. The van der Waals surface area contributed by atoms with E-state index in [-0.39, 0.29) is 11.6 Å². The molecule has 0 radical (unpaired) electrons. The number of nitrogens with zero attached hydrogens (tertiary/aromatic N) is 1. The van der Waals surface area contributed by atoms with Gasteiger partial charge in [-0.05, 0) is 53.3 Å². The molecule has 0 fully saturated rings. The summed E-state index contributed by atoms with van der Waals surface area (Å²) in [6.07, 6.45) is 3.76. The number of aromatic hydroxyl groups is 1. The van der Waals surface area contributed by atoms with Crippen LogP contribution in [0.1, 0.15) is 43.4 Å². The number of amidine groups is 1. The number of rotatable bonds is 6. The van der Waals surface area contributed by atoms with Crippen LogP contribution in [-0.4, -0.2) is 16.1 Å². The molecule has 4 N–H and O–H groups in total. The summed E-state index contributed by atoms with van der Waals surface area (Å²) >= 11 is 0. The Hall–Kier alpha value is -2.49. The third-order valence-electron chi connectivity index (χ3n) is 3.91.